The number of nitrogens with two attached hydrogens (primary N) is 1. The van der Waals surface area contributed by atoms with Crippen LogP contribution in [0.3, 0.4) is 0 Å². The molecule has 112 valence electrons. The quantitative estimate of drug-likeness (QED) is 0.567. The van der Waals surface area contributed by atoms with Crippen LogP contribution in [-0.2, 0) is 14.3 Å². The predicted molar refractivity (Wildman–Crippen MR) is 72.7 cm³/mol. The molecule has 0 aliphatic heterocycles. The highest BCUT2D eigenvalue weighted by Gasteiger charge is 2.25. The van der Waals surface area contributed by atoms with E-state index in [2.05, 4.69) is 5.32 Å². The Morgan fingerprint density at radius 3 is 2.37 bits per heavy atom. The van der Waals surface area contributed by atoms with E-state index in [1.807, 2.05) is 20.8 Å². The van der Waals surface area contributed by atoms with Gasteiger partial charge in [0.25, 0.3) is 0 Å². The largest absolute Gasteiger partial charge is 0.480 e. The van der Waals surface area contributed by atoms with E-state index in [4.69, 9.17) is 15.6 Å². The molecule has 0 saturated heterocycles. The molecule has 19 heavy (non-hydrogen) atoms. The first kappa shape index (κ1) is 17.9. The molecular weight excluding hydrogens is 248 g/mol. The molecule has 0 heterocycles. The molecule has 2 atom stereocenters. The topological polar surface area (TPSA) is 102 Å². The van der Waals surface area contributed by atoms with Gasteiger partial charge < -0.3 is 20.9 Å². The van der Waals surface area contributed by atoms with Crippen molar-refractivity contribution < 1.29 is 19.4 Å². The van der Waals surface area contributed by atoms with Crippen molar-refractivity contribution >= 4 is 11.9 Å². The Hall–Kier alpha value is -1.14. The minimum Gasteiger partial charge on any atom is -0.480 e. The molecule has 0 rings (SSSR count). The summed E-state index contributed by atoms with van der Waals surface area (Å²) in [6.07, 6.45) is 1.05. The van der Waals surface area contributed by atoms with Crippen LogP contribution in [0.25, 0.3) is 0 Å². The van der Waals surface area contributed by atoms with Crippen molar-refractivity contribution in [3.05, 3.63) is 0 Å². The van der Waals surface area contributed by atoms with E-state index in [1.54, 1.807) is 7.11 Å². The van der Waals surface area contributed by atoms with Crippen LogP contribution >= 0.6 is 0 Å². The molecular formula is C13H26N2O4. The van der Waals surface area contributed by atoms with Crippen LogP contribution < -0.4 is 11.1 Å². The van der Waals surface area contributed by atoms with Crippen LogP contribution in [0.2, 0.25) is 0 Å². The second kappa shape index (κ2) is 8.12. The van der Waals surface area contributed by atoms with E-state index in [0.717, 1.165) is 0 Å². The number of amides is 1. The Morgan fingerprint density at radius 1 is 1.37 bits per heavy atom. The highest BCUT2D eigenvalue weighted by atomic mass is 16.5. The fraction of sp³-hybridized carbons (Fsp3) is 0.846. The average molecular weight is 274 g/mol. The highest BCUT2D eigenvalue weighted by Crippen LogP contribution is 2.19. The third-order valence-electron chi connectivity index (χ3n) is 2.99. The number of carbonyl (C=O) groups is 2. The fourth-order valence-corrected chi connectivity index (χ4v) is 1.45. The van der Waals surface area contributed by atoms with Gasteiger partial charge >= 0.3 is 5.97 Å². The van der Waals surface area contributed by atoms with Crippen LogP contribution in [0, 0.1) is 5.41 Å². The SMILES string of the molecule is COCCCC(NC(=O)CC(N)C(C)(C)C)C(=O)O. The predicted octanol–water partition coefficient (Wildman–Crippen LogP) is 0.746. The Balaban J connectivity index is 4.28. The maximum Gasteiger partial charge on any atom is 0.326 e. The zero-order valence-corrected chi connectivity index (χ0v) is 12.2. The van der Waals surface area contributed by atoms with Gasteiger partial charge in [-0.3, -0.25) is 4.79 Å². The van der Waals surface area contributed by atoms with E-state index in [9.17, 15) is 9.59 Å². The summed E-state index contributed by atoms with van der Waals surface area (Å²) in [5, 5.41) is 11.5. The van der Waals surface area contributed by atoms with Crippen molar-refractivity contribution in [1.82, 2.24) is 5.32 Å². The van der Waals surface area contributed by atoms with Crippen molar-refractivity contribution in [3.8, 4) is 0 Å². The number of hydrogen-bond donors (Lipinski definition) is 3. The molecule has 6 nitrogen and oxygen atoms in total. The maximum atomic E-state index is 11.8. The molecule has 0 aromatic heterocycles. The highest BCUT2D eigenvalue weighted by molar-refractivity contribution is 5.83. The zero-order valence-electron chi connectivity index (χ0n) is 12.2. The number of hydrogen-bond acceptors (Lipinski definition) is 4. The molecule has 0 aliphatic carbocycles. The fourth-order valence-electron chi connectivity index (χ4n) is 1.45. The first-order valence-corrected chi connectivity index (χ1v) is 6.45. The monoisotopic (exact) mass is 274 g/mol. The van der Waals surface area contributed by atoms with Gasteiger partial charge in [0.05, 0.1) is 0 Å². The number of aliphatic carboxylic acids is 1. The molecule has 1 amide bonds. The van der Waals surface area contributed by atoms with Gasteiger partial charge in [0.1, 0.15) is 6.04 Å². The summed E-state index contributed by atoms with van der Waals surface area (Å²) in [5.74, 6) is -1.36. The number of ether oxygens (including phenoxy) is 1. The van der Waals surface area contributed by atoms with Gasteiger partial charge in [0.2, 0.25) is 5.91 Å². The Bertz CT molecular complexity index is 300. The van der Waals surface area contributed by atoms with Gasteiger partial charge in [-0.2, -0.15) is 0 Å². The lowest BCUT2D eigenvalue weighted by molar-refractivity contribution is -0.142. The van der Waals surface area contributed by atoms with E-state index < -0.39 is 12.0 Å². The standard InChI is InChI=1S/C13H26N2O4/c1-13(2,3)10(14)8-11(16)15-9(12(17)18)6-5-7-19-4/h9-10H,5-8,14H2,1-4H3,(H,15,16)(H,17,18). The second-order valence-electron chi connectivity index (χ2n) is 5.77. The molecule has 0 aliphatic rings. The molecule has 0 bridgehead atoms. The summed E-state index contributed by atoms with van der Waals surface area (Å²) < 4.78 is 4.86. The third kappa shape index (κ3) is 7.79. The summed E-state index contributed by atoms with van der Waals surface area (Å²) in [4.78, 5) is 22.8. The summed E-state index contributed by atoms with van der Waals surface area (Å²) in [6.45, 7) is 6.30. The number of rotatable bonds is 8. The molecule has 4 N–H and O–H groups in total. The zero-order chi connectivity index (χ0) is 15.1. The van der Waals surface area contributed by atoms with E-state index in [0.29, 0.717) is 19.4 Å². The number of carbonyl (C=O) groups excluding carboxylic acids is 1. The molecule has 0 spiro atoms. The van der Waals surface area contributed by atoms with Crippen molar-refractivity contribution in [2.24, 2.45) is 11.1 Å². The third-order valence-corrected chi connectivity index (χ3v) is 2.99. The van der Waals surface area contributed by atoms with Crippen LogP contribution in [-0.4, -0.2) is 42.8 Å². The maximum absolute atomic E-state index is 11.8. The lowest BCUT2D eigenvalue weighted by atomic mass is 9.85. The van der Waals surface area contributed by atoms with Crippen LogP contribution in [0.5, 0.6) is 0 Å². The second-order valence-corrected chi connectivity index (χ2v) is 5.77. The summed E-state index contributed by atoms with van der Waals surface area (Å²) in [6, 6.07) is -1.18. The summed E-state index contributed by atoms with van der Waals surface area (Å²) in [5.41, 5.74) is 5.71. The summed E-state index contributed by atoms with van der Waals surface area (Å²) in [7, 11) is 1.55. The van der Waals surface area contributed by atoms with Crippen molar-refractivity contribution in [3.63, 3.8) is 0 Å². The molecule has 0 fully saturated rings. The Morgan fingerprint density at radius 2 is 1.95 bits per heavy atom. The van der Waals surface area contributed by atoms with Crippen molar-refractivity contribution in [1.29, 1.82) is 0 Å². The van der Waals surface area contributed by atoms with Gasteiger partial charge in [-0.15, -0.1) is 0 Å². The number of nitrogens with one attached hydrogen (secondary N) is 1. The van der Waals surface area contributed by atoms with Crippen LogP contribution in [0.15, 0.2) is 0 Å². The average Bonchev–Trinajstić information content (AvgIpc) is 2.26. The van der Waals surface area contributed by atoms with Gasteiger partial charge in [0.15, 0.2) is 0 Å². The van der Waals surface area contributed by atoms with Gasteiger partial charge in [0, 0.05) is 26.2 Å². The number of methoxy groups -OCH3 is 1. The first-order valence-electron chi connectivity index (χ1n) is 6.45. The van der Waals surface area contributed by atoms with Gasteiger partial charge in [-0.25, -0.2) is 4.79 Å². The lowest BCUT2D eigenvalue weighted by Crippen LogP contribution is -2.45. The molecule has 0 saturated carbocycles. The summed E-state index contributed by atoms with van der Waals surface area (Å²) >= 11 is 0. The first-order chi connectivity index (χ1) is 8.68. The van der Waals surface area contributed by atoms with Gasteiger partial charge in [-0.05, 0) is 18.3 Å². The molecule has 0 aromatic carbocycles. The van der Waals surface area contributed by atoms with Crippen LogP contribution in [0.4, 0.5) is 0 Å². The number of carboxylic acid groups (broad SMARTS) is 1. The molecule has 2 unspecified atom stereocenters. The lowest BCUT2D eigenvalue weighted by Gasteiger charge is -2.27. The molecule has 6 heteroatoms. The van der Waals surface area contributed by atoms with E-state index >= 15 is 0 Å². The van der Waals surface area contributed by atoms with Gasteiger partial charge in [-0.1, -0.05) is 20.8 Å². The normalized spacial score (nSPS) is 14.8. The van der Waals surface area contributed by atoms with E-state index in [1.165, 1.54) is 0 Å². The Labute approximate surface area is 114 Å². The smallest absolute Gasteiger partial charge is 0.326 e. The minimum absolute atomic E-state index is 0.123. The van der Waals surface area contributed by atoms with E-state index in [-0.39, 0.29) is 23.8 Å². The van der Waals surface area contributed by atoms with Crippen LogP contribution in [0.1, 0.15) is 40.0 Å². The van der Waals surface area contributed by atoms with Crippen molar-refractivity contribution in [2.45, 2.75) is 52.1 Å². The Kier molecular flexibility index (Phi) is 7.63. The molecule has 0 radical (unpaired) electrons. The molecule has 0 aromatic rings. The number of carboxylic acids is 1. The minimum atomic E-state index is -1.03. The van der Waals surface area contributed by atoms with Crippen molar-refractivity contribution in [2.75, 3.05) is 13.7 Å².